The Balaban J connectivity index is 1.59. The Bertz CT molecular complexity index is 675. The van der Waals surface area contributed by atoms with Gasteiger partial charge in [-0.05, 0) is 55.8 Å². The van der Waals surface area contributed by atoms with Crippen molar-refractivity contribution < 1.29 is 8.42 Å². The number of sulfonamides is 1. The maximum absolute atomic E-state index is 12.0. The van der Waals surface area contributed by atoms with E-state index in [2.05, 4.69) is 66.5 Å². The molecule has 0 aliphatic carbocycles. The Morgan fingerprint density at radius 2 is 1.78 bits per heavy atom. The fourth-order valence-corrected chi connectivity index (χ4v) is 4.74. The molecule has 0 radical (unpaired) electrons. The lowest BCUT2D eigenvalue weighted by Gasteiger charge is -2.36. The van der Waals surface area contributed by atoms with Gasteiger partial charge < -0.3 is 4.90 Å². The third-order valence-corrected chi connectivity index (χ3v) is 6.47. The first kappa shape index (κ1) is 22.2. The quantitative estimate of drug-likeness (QED) is 0.652. The summed E-state index contributed by atoms with van der Waals surface area (Å²) in [6.45, 7) is 14.2. The molecule has 1 saturated heterocycles. The predicted octanol–water partition coefficient (Wildman–Crippen LogP) is 3.25. The summed E-state index contributed by atoms with van der Waals surface area (Å²) in [7, 11) is -3.13. The summed E-state index contributed by atoms with van der Waals surface area (Å²) < 4.78 is 26.8. The molecule has 0 aromatic heterocycles. The number of hydrogen-bond acceptors (Lipinski definition) is 4. The second kappa shape index (κ2) is 9.89. The van der Waals surface area contributed by atoms with Crippen molar-refractivity contribution in [1.82, 2.24) is 9.62 Å². The maximum atomic E-state index is 12.0. The summed E-state index contributed by atoms with van der Waals surface area (Å²) in [5.74, 6) is 0.220. The minimum atomic E-state index is -3.13. The molecule has 0 amide bonds. The number of hydrogen-bond donors (Lipinski definition) is 1. The van der Waals surface area contributed by atoms with Crippen LogP contribution in [0.3, 0.4) is 0 Å². The van der Waals surface area contributed by atoms with Gasteiger partial charge in [-0.15, -0.1) is 0 Å². The lowest BCUT2D eigenvalue weighted by atomic mass is 9.94. The summed E-state index contributed by atoms with van der Waals surface area (Å²) >= 11 is 0. The average molecular weight is 396 g/mol. The zero-order chi connectivity index (χ0) is 19.9. The van der Waals surface area contributed by atoms with Crippen LogP contribution in [0.5, 0.6) is 0 Å². The number of piperazine rings is 1. The zero-order valence-corrected chi connectivity index (χ0v) is 18.3. The molecule has 0 spiro atoms. The Kier molecular flexibility index (Phi) is 8.13. The number of nitrogens with one attached hydrogen (secondary N) is 1. The molecule has 27 heavy (non-hydrogen) atoms. The molecule has 2 rings (SSSR count). The third-order valence-electron chi connectivity index (χ3n) is 5.08. The number of rotatable bonds is 9. The minimum absolute atomic E-state index is 0.0509. The van der Waals surface area contributed by atoms with Gasteiger partial charge in [0.15, 0.2) is 0 Å². The third kappa shape index (κ3) is 8.62. The maximum Gasteiger partial charge on any atom is 0.211 e. The van der Waals surface area contributed by atoms with Crippen molar-refractivity contribution >= 4 is 15.7 Å². The first-order valence-electron chi connectivity index (χ1n) is 10.2. The van der Waals surface area contributed by atoms with Crippen LogP contribution in [0, 0.1) is 12.3 Å². The van der Waals surface area contributed by atoms with Crippen molar-refractivity contribution in [3.63, 3.8) is 0 Å². The van der Waals surface area contributed by atoms with Crippen LogP contribution in [-0.2, 0) is 10.0 Å². The molecule has 0 unspecified atom stereocenters. The van der Waals surface area contributed by atoms with Crippen molar-refractivity contribution in [3.05, 3.63) is 29.8 Å². The molecule has 1 N–H and O–H groups in total. The molecule has 0 saturated carbocycles. The van der Waals surface area contributed by atoms with Gasteiger partial charge in [-0.2, -0.15) is 0 Å². The molecule has 1 fully saturated rings. The van der Waals surface area contributed by atoms with Crippen molar-refractivity contribution in [2.45, 2.75) is 47.0 Å². The van der Waals surface area contributed by atoms with E-state index in [1.165, 1.54) is 11.3 Å². The van der Waals surface area contributed by atoms with E-state index >= 15 is 0 Å². The molecule has 1 aliphatic heterocycles. The van der Waals surface area contributed by atoms with Gasteiger partial charge in [-0.25, -0.2) is 13.1 Å². The van der Waals surface area contributed by atoms with Crippen LogP contribution >= 0.6 is 0 Å². The van der Waals surface area contributed by atoms with Crippen LogP contribution < -0.4 is 9.62 Å². The average Bonchev–Trinajstić information content (AvgIpc) is 2.60. The molecule has 1 aromatic rings. The lowest BCUT2D eigenvalue weighted by Crippen LogP contribution is -2.46. The van der Waals surface area contributed by atoms with E-state index in [0.29, 0.717) is 13.0 Å². The standard InChI is InChI=1S/C21H37N3O2S/c1-19-8-7-9-20(18-19)24-15-13-23(14-16-24)12-6-5-11-22-27(25,26)17-10-21(2,3)4/h7-9,18,22H,5-6,10-17H2,1-4H3. The van der Waals surface area contributed by atoms with E-state index in [0.717, 1.165) is 45.6 Å². The summed E-state index contributed by atoms with van der Waals surface area (Å²) in [4.78, 5) is 4.94. The van der Waals surface area contributed by atoms with Gasteiger partial charge in [0, 0.05) is 38.4 Å². The Morgan fingerprint density at radius 1 is 1.07 bits per heavy atom. The molecule has 1 aliphatic rings. The number of aryl methyl sites for hydroxylation is 1. The summed E-state index contributed by atoms with van der Waals surface area (Å²) in [6.07, 6.45) is 2.62. The van der Waals surface area contributed by atoms with Gasteiger partial charge >= 0.3 is 0 Å². The van der Waals surface area contributed by atoms with E-state index in [-0.39, 0.29) is 11.2 Å². The van der Waals surface area contributed by atoms with Gasteiger partial charge in [0.2, 0.25) is 10.0 Å². The molecular formula is C21H37N3O2S. The molecule has 5 nitrogen and oxygen atoms in total. The van der Waals surface area contributed by atoms with E-state index < -0.39 is 10.0 Å². The summed E-state index contributed by atoms with van der Waals surface area (Å²) in [6, 6.07) is 8.70. The van der Waals surface area contributed by atoms with Crippen molar-refractivity contribution in [2.24, 2.45) is 5.41 Å². The SMILES string of the molecule is Cc1cccc(N2CCN(CCCCNS(=O)(=O)CCC(C)(C)C)CC2)c1. The molecule has 1 heterocycles. The van der Waals surface area contributed by atoms with Gasteiger partial charge in [0.25, 0.3) is 0 Å². The highest BCUT2D eigenvalue weighted by Gasteiger charge is 2.18. The van der Waals surface area contributed by atoms with Gasteiger partial charge in [0.05, 0.1) is 5.75 Å². The van der Waals surface area contributed by atoms with Gasteiger partial charge in [0.1, 0.15) is 0 Å². The monoisotopic (exact) mass is 395 g/mol. The Labute approximate surface area is 166 Å². The van der Waals surface area contributed by atoms with Crippen molar-refractivity contribution in [2.75, 3.05) is 49.9 Å². The zero-order valence-electron chi connectivity index (χ0n) is 17.5. The highest BCUT2D eigenvalue weighted by molar-refractivity contribution is 7.89. The summed E-state index contributed by atoms with van der Waals surface area (Å²) in [5.41, 5.74) is 2.68. The van der Waals surface area contributed by atoms with Crippen LogP contribution in [0.25, 0.3) is 0 Å². The van der Waals surface area contributed by atoms with E-state index in [1.54, 1.807) is 0 Å². The van der Waals surface area contributed by atoms with Crippen LogP contribution in [0.15, 0.2) is 24.3 Å². The van der Waals surface area contributed by atoms with E-state index in [4.69, 9.17) is 0 Å². The molecular weight excluding hydrogens is 358 g/mol. The molecule has 1 aromatic carbocycles. The molecule has 0 atom stereocenters. The topological polar surface area (TPSA) is 52.6 Å². The first-order valence-corrected chi connectivity index (χ1v) is 11.8. The smallest absolute Gasteiger partial charge is 0.211 e. The predicted molar refractivity (Wildman–Crippen MR) is 115 cm³/mol. The number of nitrogens with zero attached hydrogens (tertiary/aromatic N) is 2. The van der Waals surface area contributed by atoms with Crippen molar-refractivity contribution in [1.29, 1.82) is 0 Å². The van der Waals surface area contributed by atoms with Crippen LogP contribution in [0.2, 0.25) is 0 Å². The largest absolute Gasteiger partial charge is 0.369 e. The highest BCUT2D eigenvalue weighted by Crippen LogP contribution is 2.19. The lowest BCUT2D eigenvalue weighted by molar-refractivity contribution is 0.253. The molecule has 154 valence electrons. The van der Waals surface area contributed by atoms with E-state index in [9.17, 15) is 8.42 Å². The number of benzene rings is 1. The van der Waals surface area contributed by atoms with Crippen LogP contribution in [-0.4, -0.2) is 58.3 Å². The van der Waals surface area contributed by atoms with Crippen LogP contribution in [0.4, 0.5) is 5.69 Å². The van der Waals surface area contributed by atoms with Gasteiger partial charge in [-0.1, -0.05) is 32.9 Å². The highest BCUT2D eigenvalue weighted by atomic mass is 32.2. The second-order valence-corrected chi connectivity index (χ2v) is 10.8. The summed E-state index contributed by atoms with van der Waals surface area (Å²) in [5, 5.41) is 0. The fourth-order valence-electron chi connectivity index (χ4n) is 3.26. The Hall–Kier alpha value is -1.11. The fraction of sp³-hybridized carbons (Fsp3) is 0.714. The number of anilines is 1. The first-order chi connectivity index (χ1) is 12.6. The number of unbranched alkanes of at least 4 members (excludes halogenated alkanes) is 1. The van der Waals surface area contributed by atoms with E-state index in [1.807, 2.05) is 0 Å². The Morgan fingerprint density at radius 3 is 2.41 bits per heavy atom. The van der Waals surface area contributed by atoms with Crippen LogP contribution in [0.1, 0.15) is 45.6 Å². The van der Waals surface area contributed by atoms with Crippen molar-refractivity contribution in [3.8, 4) is 0 Å². The van der Waals surface area contributed by atoms with Gasteiger partial charge in [-0.3, -0.25) is 4.90 Å². The normalized spacial score (nSPS) is 16.7. The second-order valence-electron chi connectivity index (χ2n) is 8.90. The molecule has 0 bridgehead atoms. The minimum Gasteiger partial charge on any atom is -0.369 e. The molecule has 6 heteroatoms.